The Morgan fingerprint density at radius 2 is 1.60 bits per heavy atom. The Morgan fingerprint density at radius 3 is 2.21 bits per heavy atom. The lowest BCUT2D eigenvalue weighted by atomic mass is 9.95. The third kappa shape index (κ3) is 7.48. The highest BCUT2D eigenvalue weighted by Gasteiger charge is 2.40. The number of carboxylic acids is 1. The second-order valence-corrected chi connectivity index (χ2v) is 11.3. The molecule has 1 unspecified atom stereocenters. The summed E-state index contributed by atoms with van der Waals surface area (Å²) >= 11 is 0. The third-order valence-electron chi connectivity index (χ3n) is 8.40. The second-order valence-electron chi connectivity index (χ2n) is 11.3. The Hall–Kier alpha value is -3.04. The number of carbonyl (C=O) groups is 1. The number of nitrogens with one attached hydrogen (secondary N) is 1. The molecule has 0 amide bonds. The molecule has 0 bridgehead atoms. The number of anilines is 2. The molecule has 3 aliphatic heterocycles. The van der Waals surface area contributed by atoms with E-state index >= 15 is 0 Å². The summed E-state index contributed by atoms with van der Waals surface area (Å²) in [5.41, 5.74) is 0.196. The Morgan fingerprint density at radius 1 is 0.952 bits per heavy atom. The molecule has 4 atom stereocenters. The number of halogens is 3. The Bertz CT molecular complexity index is 1190. The number of aromatic nitrogens is 2. The minimum absolute atomic E-state index is 0.00316. The molecule has 3 aliphatic rings. The molecule has 0 aliphatic carbocycles. The van der Waals surface area contributed by atoms with Crippen molar-refractivity contribution in [2.24, 2.45) is 5.92 Å². The summed E-state index contributed by atoms with van der Waals surface area (Å²) in [5, 5.41) is 33.2. The van der Waals surface area contributed by atoms with E-state index in [0.29, 0.717) is 24.2 Å². The van der Waals surface area contributed by atoms with Gasteiger partial charge in [0.2, 0.25) is 0 Å². The van der Waals surface area contributed by atoms with Crippen molar-refractivity contribution >= 4 is 17.5 Å². The van der Waals surface area contributed by atoms with Crippen LogP contribution in [0.3, 0.4) is 0 Å². The van der Waals surface area contributed by atoms with Crippen molar-refractivity contribution < 1.29 is 38.0 Å². The van der Waals surface area contributed by atoms with Gasteiger partial charge in [-0.2, -0.15) is 13.2 Å². The zero-order valence-electron chi connectivity index (χ0n) is 23.2. The van der Waals surface area contributed by atoms with Crippen molar-refractivity contribution in [2.75, 3.05) is 69.2 Å². The van der Waals surface area contributed by atoms with Gasteiger partial charge in [0.25, 0.3) is 0 Å². The van der Waals surface area contributed by atoms with E-state index < -0.39 is 42.2 Å². The SMILES string of the molecule is O=C(O)c1ccc(N2CCC(CN3CCN(C[C@H]4OCC(Nc5cncc(C(F)(F)F)n5)[C@@H](O)[C@H]4O)CC3)CC2)cc1. The van der Waals surface area contributed by atoms with Crippen LogP contribution in [0.25, 0.3) is 0 Å². The van der Waals surface area contributed by atoms with Gasteiger partial charge in [-0.15, -0.1) is 0 Å². The molecular formula is C28H37F3N6O5. The van der Waals surface area contributed by atoms with Crippen LogP contribution >= 0.6 is 0 Å². The van der Waals surface area contributed by atoms with E-state index in [0.717, 1.165) is 70.5 Å². The van der Waals surface area contributed by atoms with Gasteiger partial charge in [-0.05, 0) is 43.0 Å². The predicted octanol–water partition coefficient (Wildman–Crippen LogP) is 1.63. The lowest BCUT2D eigenvalue weighted by Crippen LogP contribution is -2.59. The predicted molar refractivity (Wildman–Crippen MR) is 147 cm³/mol. The number of ether oxygens (including phenoxy) is 1. The number of piperazine rings is 1. The van der Waals surface area contributed by atoms with Crippen LogP contribution in [0.4, 0.5) is 24.7 Å². The molecule has 4 N–H and O–H groups in total. The number of nitrogens with zero attached hydrogens (tertiary/aromatic N) is 5. The van der Waals surface area contributed by atoms with E-state index in [2.05, 4.69) is 30.0 Å². The second kappa shape index (κ2) is 13.1. The summed E-state index contributed by atoms with van der Waals surface area (Å²) in [4.78, 5) is 25.1. The molecule has 0 saturated carbocycles. The number of hydrogen-bond acceptors (Lipinski definition) is 10. The molecule has 11 nitrogen and oxygen atoms in total. The number of piperidine rings is 1. The molecule has 42 heavy (non-hydrogen) atoms. The van der Waals surface area contributed by atoms with Gasteiger partial charge in [0.05, 0.1) is 36.7 Å². The molecule has 2 aromatic rings. The van der Waals surface area contributed by atoms with Crippen LogP contribution in [0, 0.1) is 5.92 Å². The molecule has 3 fully saturated rings. The fourth-order valence-electron chi connectivity index (χ4n) is 5.89. The van der Waals surface area contributed by atoms with Crippen molar-refractivity contribution in [1.82, 2.24) is 19.8 Å². The first-order chi connectivity index (χ1) is 20.1. The molecule has 0 radical (unpaired) electrons. The average molecular weight is 595 g/mol. The zero-order chi connectivity index (χ0) is 29.9. The summed E-state index contributed by atoms with van der Waals surface area (Å²) in [6.45, 7) is 6.73. The minimum atomic E-state index is -4.64. The highest BCUT2D eigenvalue weighted by molar-refractivity contribution is 5.88. The summed E-state index contributed by atoms with van der Waals surface area (Å²) in [7, 11) is 0. The molecule has 1 aromatic heterocycles. The number of carboxylic acid groups (broad SMARTS) is 1. The lowest BCUT2D eigenvalue weighted by Gasteiger charge is -2.43. The number of aliphatic hydroxyl groups excluding tert-OH is 2. The van der Waals surface area contributed by atoms with Crippen molar-refractivity contribution in [2.45, 2.75) is 43.4 Å². The number of alkyl halides is 3. The first kappa shape index (κ1) is 30.4. The van der Waals surface area contributed by atoms with Crippen molar-refractivity contribution in [3.05, 3.63) is 47.9 Å². The summed E-state index contributed by atoms with van der Waals surface area (Å²) in [6.07, 6.45) is -3.82. The fourth-order valence-corrected chi connectivity index (χ4v) is 5.89. The Kier molecular flexibility index (Phi) is 9.47. The summed E-state index contributed by atoms with van der Waals surface area (Å²) in [5.74, 6) is -0.482. The molecule has 4 heterocycles. The summed E-state index contributed by atoms with van der Waals surface area (Å²) < 4.78 is 44.6. The molecule has 3 saturated heterocycles. The van der Waals surface area contributed by atoms with Crippen molar-refractivity contribution in [3.8, 4) is 0 Å². The van der Waals surface area contributed by atoms with Gasteiger partial charge in [-0.1, -0.05) is 0 Å². The molecule has 14 heteroatoms. The molecule has 230 valence electrons. The van der Waals surface area contributed by atoms with Crippen LogP contribution in [-0.4, -0.2) is 124 Å². The molecule has 5 rings (SSSR count). The van der Waals surface area contributed by atoms with E-state index in [9.17, 15) is 28.2 Å². The topological polar surface area (TPSA) is 135 Å². The van der Waals surface area contributed by atoms with E-state index in [1.807, 2.05) is 12.1 Å². The van der Waals surface area contributed by atoms with E-state index in [1.165, 1.54) is 0 Å². The van der Waals surface area contributed by atoms with Crippen molar-refractivity contribution in [3.63, 3.8) is 0 Å². The average Bonchev–Trinajstić information content (AvgIpc) is 2.98. The quantitative estimate of drug-likeness (QED) is 0.355. The van der Waals surface area contributed by atoms with Crippen LogP contribution in [0.15, 0.2) is 36.7 Å². The number of aliphatic hydroxyl groups is 2. The van der Waals surface area contributed by atoms with Crippen LogP contribution < -0.4 is 10.2 Å². The van der Waals surface area contributed by atoms with Crippen LogP contribution in [0.2, 0.25) is 0 Å². The largest absolute Gasteiger partial charge is 0.478 e. The number of aromatic carboxylic acids is 1. The van der Waals surface area contributed by atoms with Crippen LogP contribution in [0.1, 0.15) is 28.9 Å². The van der Waals surface area contributed by atoms with Gasteiger partial charge in [-0.25, -0.2) is 9.78 Å². The maximum Gasteiger partial charge on any atom is 0.434 e. The van der Waals surface area contributed by atoms with Crippen LogP contribution in [-0.2, 0) is 10.9 Å². The monoisotopic (exact) mass is 594 g/mol. The Labute approximate surface area is 241 Å². The summed E-state index contributed by atoms with van der Waals surface area (Å²) in [6, 6.07) is 6.20. The highest BCUT2D eigenvalue weighted by Crippen LogP contribution is 2.28. The van der Waals surface area contributed by atoms with Crippen LogP contribution in [0.5, 0.6) is 0 Å². The zero-order valence-corrected chi connectivity index (χ0v) is 23.2. The maximum atomic E-state index is 12.9. The molecule has 1 aromatic carbocycles. The van der Waals surface area contributed by atoms with E-state index in [1.54, 1.807) is 12.1 Å². The van der Waals surface area contributed by atoms with Gasteiger partial charge in [0.15, 0.2) is 5.69 Å². The first-order valence-electron chi connectivity index (χ1n) is 14.2. The maximum absolute atomic E-state index is 12.9. The van der Waals surface area contributed by atoms with Gasteiger partial charge in [0, 0.05) is 58.0 Å². The smallest absolute Gasteiger partial charge is 0.434 e. The molecular weight excluding hydrogens is 557 g/mol. The molecule has 0 spiro atoms. The Balaban J connectivity index is 1.02. The normalized spacial score (nSPS) is 26.7. The van der Waals surface area contributed by atoms with Gasteiger partial charge in [-0.3, -0.25) is 9.88 Å². The first-order valence-corrected chi connectivity index (χ1v) is 14.2. The van der Waals surface area contributed by atoms with E-state index in [4.69, 9.17) is 9.84 Å². The number of benzene rings is 1. The van der Waals surface area contributed by atoms with Gasteiger partial charge >= 0.3 is 12.1 Å². The van der Waals surface area contributed by atoms with Gasteiger partial charge < -0.3 is 35.2 Å². The third-order valence-corrected chi connectivity index (χ3v) is 8.40. The van der Waals surface area contributed by atoms with Gasteiger partial charge in [0.1, 0.15) is 18.0 Å². The highest BCUT2D eigenvalue weighted by atomic mass is 19.4. The number of hydrogen-bond donors (Lipinski definition) is 4. The number of rotatable bonds is 8. The fraction of sp³-hybridized carbons (Fsp3) is 0.607. The minimum Gasteiger partial charge on any atom is -0.478 e. The lowest BCUT2D eigenvalue weighted by molar-refractivity contribution is -0.148. The van der Waals surface area contributed by atoms with E-state index in [-0.39, 0.29) is 12.4 Å². The van der Waals surface area contributed by atoms with Crippen molar-refractivity contribution in [1.29, 1.82) is 0 Å². The standard InChI is InChI=1S/C28H37F3N6O5/c29-28(30,31)23-13-32-14-24(34-23)33-21-17-42-22(26(39)25(21)38)16-36-11-9-35(10-12-36)15-18-5-7-37(8-6-18)20-3-1-19(2-4-20)27(40)41/h1-4,13-14,18,21-22,25-26,38-39H,5-12,15-17H2,(H,33,34)(H,40,41)/t21?,22-,25-,26+/m1/s1.